The van der Waals surface area contributed by atoms with Gasteiger partial charge in [-0.2, -0.15) is 0 Å². The number of ether oxygens (including phenoxy) is 1. The van der Waals surface area contributed by atoms with E-state index in [-0.39, 0.29) is 0 Å². The summed E-state index contributed by atoms with van der Waals surface area (Å²) in [6, 6.07) is 8.15. The second kappa shape index (κ2) is 10.6. The van der Waals surface area contributed by atoms with E-state index in [0.717, 1.165) is 17.3 Å². The van der Waals surface area contributed by atoms with Gasteiger partial charge in [0.2, 0.25) is 0 Å². The lowest BCUT2D eigenvalue weighted by atomic mass is 9.91. The summed E-state index contributed by atoms with van der Waals surface area (Å²) in [5.74, 6) is 1.83. The Labute approximate surface area is 150 Å². The van der Waals surface area contributed by atoms with Gasteiger partial charge in [0.1, 0.15) is 0 Å². The Balaban J connectivity index is 1.72. The molecule has 1 fully saturated rings. The smallest absolute Gasteiger partial charge is 0.0727 e. The molecule has 0 saturated carbocycles. The maximum Gasteiger partial charge on any atom is 0.0727 e. The summed E-state index contributed by atoms with van der Waals surface area (Å²) < 4.78 is 5.79. The van der Waals surface area contributed by atoms with Crippen LogP contribution in [-0.4, -0.2) is 43.5 Å². The summed E-state index contributed by atoms with van der Waals surface area (Å²) in [6.07, 6.45) is 6.84. The first-order valence-corrected chi connectivity index (χ1v) is 10.2. The molecule has 0 N–H and O–H groups in total. The van der Waals surface area contributed by atoms with Crippen molar-refractivity contribution in [3.8, 4) is 0 Å². The summed E-state index contributed by atoms with van der Waals surface area (Å²) in [5.41, 5.74) is 0. The highest BCUT2D eigenvalue weighted by molar-refractivity contribution is 7.99. The zero-order valence-electron chi connectivity index (χ0n) is 14.5. The van der Waals surface area contributed by atoms with Gasteiger partial charge in [-0.05, 0) is 62.2 Å². The minimum absolute atomic E-state index is 0.394. The normalized spacial score (nSPS) is 22.4. The Hall–Kier alpha value is -0.220. The predicted octanol–water partition coefficient (Wildman–Crippen LogP) is 5.35. The van der Waals surface area contributed by atoms with Crippen LogP contribution in [0.15, 0.2) is 29.2 Å². The van der Waals surface area contributed by atoms with Crippen LogP contribution in [0.5, 0.6) is 0 Å². The number of thioether (sulfide) groups is 1. The molecule has 0 unspecified atom stereocenters. The van der Waals surface area contributed by atoms with Crippen molar-refractivity contribution in [2.45, 2.75) is 50.0 Å². The first kappa shape index (κ1) is 19.1. The van der Waals surface area contributed by atoms with E-state index in [1.54, 1.807) is 0 Å². The molecule has 1 saturated heterocycles. The summed E-state index contributed by atoms with van der Waals surface area (Å²) >= 11 is 7.95. The van der Waals surface area contributed by atoms with Crippen LogP contribution in [0.25, 0.3) is 0 Å². The third kappa shape index (κ3) is 6.66. The van der Waals surface area contributed by atoms with Crippen LogP contribution in [0.2, 0.25) is 5.02 Å². The van der Waals surface area contributed by atoms with Gasteiger partial charge in [0.15, 0.2) is 0 Å². The molecule has 2 atom stereocenters. The summed E-state index contributed by atoms with van der Waals surface area (Å²) in [6.45, 7) is 5.84. The van der Waals surface area contributed by atoms with Gasteiger partial charge in [0, 0.05) is 23.6 Å². The van der Waals surface area contributed by atoms with Crippen LogP contribution in [0.4, 0.5) is 0 Å². The van der Waals surface area contributed by atoms with Crippen molar-refractivity contribution >= 4 is 23.4 Å². The van der Waals surface area contributed by atoms with Crippen molar-refractivity contribution in [1.29, 1.82) is 0 Å². The van der Waals surface area contributed by atoms with E-state index in [1.165, 1.54) is 50.1 Å². The molecule has 0 bridgehead atoms. The van der Waals surface area contributed by atoms with Crippen molar-refractivity contribution in [2.24, 2.45) is 5.92 Å². The maximum atomic E-state index is 6.05. The number of hydrogen-bond acceptors (Lipinski definition) is 3. The fourth-order valence-corrected chi connectivity index (χ4v) is 4.60. The van der Waals surface area contributed by atoms with Gasteiger partial charge >= 0.3 is 0 Å². The fraction of sp³-hybridized carbons (Fsp3) is 0.684. The zero-order valence-corrected chi connectivity index (χ0v) is 16.0. The quantitative estimate of drug-likeness (QED) is 0.437. The van der Waals surface area contributed by atoms with Crippen molar-refractivity contribution in [2.75, 3.05) is 32.5 Å². The molecule has 4 heteroatoms. The SMILES string of the molecule is CCCCCN1CC[C@H](CCSc2cccc(Cl)c2)[C@H](OC)C1. The van der Waals surface area contributed by atoms with E-state index in [0.29, 0.717) is 12.0 Å². The summed E-state index contributed by atoms with van der Waals surface area (Å²) in [5, 5.41) is 0.824. The van der Waals surface area contributed by atoms with E-state index in [1.807, 2.05) is 31.0 Å². The van der Waals surface area contributed by atoms with Crippen LogP contribution < -0.4 is 0 Å². The fourth-order valence-electron chi connectivity index (χ4n) is 3.30. The highest BCUT2D eigenvalue weighted by Gasteiger charge is 2.28. The summed E-state index contributed by atoms with van der Waals surface area (Å²) in [4.78, 5) is 3.85. The second-order valence-electron chi connectivity index (χ2n) is 6.43. The van der Waals surface area contributed by atoms with Crippen molar-refractivity contribution in [1.82, 2.24) is 4.90 Å². The van der Waals surface area contributed by atoms with E-state index in [4.69, 9.17) is 16.3 Å². The molecule has 2 rings (SSSR count). The number of methoxy groups -OCH3 is 1. The monoisotopic (exact) mass is 355 g/mol. The minimum Gasteiger partial charge on any atom is -0.380 e. The standard InChI is InChI=1S/C19H30ClNOS/c1-3-4-5-11-21-12-9-16(19(15-21)22-2)10-13-23-18-8-6-7-17(20)14-18/h6-8,14,16,19H,3-5,9-13,15H2,1-2H3/t16-,19-/m1/s1. The molecule has 130 valence electrons. The topological polar surface area (TPSA) is 12.5 Å². The molecule has 1 aliphatic rings. The van der Waals surface area contributed by atoms with Crippen molar-refractivity contribution < 1.29 is 4.74 Å². The van der Waals surface area contributed by atoms with Gasteiger partial charge in [-0.15, -0.1) is 11.8 Å². The molecule has 0 aliphatic carbocycles. The second-order valence-corrected chi connectivity index (χ2v) is 8.03. The zero-order chi connectivity index (χ0) is 16.5. The summed E-state index contributed by atoms with van der Waals surface area (Å²) in [7, 11) is 1.87. The third-order valence-corrected chi connectivity index (χ3v) is 5.98. The van der Waals surface area contributed by atoms with Gasteiger partial charge < -0.3 is 9.64 Å². The molecule has 1 aromatic rings. The first-order valence-electron chi connectivity index (χ1n) is 8.86. The lowest BCUT2D eigenvalue weighted by Crippen LogP contribution is -2.45. The van der Waals surface area contributed by atoms with Crippen molar-refractivity contribution in [3.05, 3.63) is 29.3 Å². The number of hydrogen-bond donors (Lipinski definition) is 0. The number of nitrogens with zero attached hydrogens (tertiary/aromatic N) is 1. The first-order chi connectivity index (χ1) is 11.2. The van der Waals surface area contributed by atoms with Gasteiger partial charge in [0.25, 0.3) is 0 Å². The molecule has 0 spiro atoms. The van der Waals surface area contributed by atoms with E-state index >= 15 is 0 Å². The maximum absolute atomic E-state index is 6.05. The average Bonchev–Trinajstić information content (AvgIpc) is 2.56. The number of rotatable bonds is 9. The molecule has 0 aromatic heterocycles. The molecular weight excluding hydrogens is 326 g/mol. The Kier molecular flexibility index (Phi) is 8.81. The molecule has 1 aromatic carbocycles. The number of piperidine rings is 1. The van der Waals surface area contributed by atoms with Crippen LogP contribution in [-0.2, 0) is 4.74 Å². The Morgan fingerprint density at radius 2 is 2.22 bits per heavy atom. The van der Waals surface area contributed by atoms with Gasteiger partial charge in [-0.25, -0.2) is 0 Å². The lowest BCUT2D eigenvalue weighted by molar-refractivity contribution is -0.0123. The number of benzene rings is 1. The molecule has 23 heavy (non-hydrogen) atoms. The largest absolute Gasteiger partial charge is 0.380 e. The van der Waals surface area contributed by atoms with Crippen LogP contribution in [0.1, 0.15) is 39.0 Å². The number of likely N-dealkylation sites (tertiary alicyclic amines) is 1. The van der Waals surface area contributed by atoms with Gasteiger partial charge in [-0.3, -0.25) is 0 Å². The molecule has 1 heterocycles. The van der Waals surface area contributed by atoms with E-state index in [2.05, 4.69) is 24.0 Å². The molecule has 2 nitrogen and oxygen atoms in total. The lowest BCUT2D eigenvalue weighted by Gasteiger charge is -2.38. The Morgan fingerprint density at radius 1 is 1.35 bits per heavy atom. The molecule has 1 aliphatic heterocycles. The molecule has 0 radical (unpaired) electrons. The average molecular weight is 356 g/mol. The van der Waals surface area contributed by atoms with Crippen LogP contribution in [0, 0.1) is 5.92 Å². The van der Waals surface area contributed by atoms with Crippen LogP contribution >= 0.6 is 23.4 Å². The van der Waals surface area contributed by atoms with Crippen molar-refractivity contribution in [3.63, 3.8) is 0 Å². The highest BCUT2D eigenvalue weighted by atomic mass is 35.5. The molecule has 0 amide bonds. The Bertz CT molecular complexity index is 457. The number of halogens is 1. The third-order valence-electron chi connectivity index (χ3n) is 4.71. The van der Waals surface area contributed by atoms with Gasteiger partial charge in [0.05, 0.1) is 6.10 Å². The van der Waals surface area contributed by atoms with Crippen LogP contribution in [0.3, 0.4) is 0 Å². The van der Waals surface area contributed by atoms with E-state index < -0.39 is 0 Å². The highest BCUT2D eigenvalue weighted by Crippen LogP contribution is 2.28. The van der Waals surface area contributed by atoms with Gasteiger partial charge in [-0.1, -0.05) is 37.4 Å². The Morgan fingerprint density at radius 3 is 2.96 bits per heavy atom. The van der Waals surface area contributed by atoms with E-state index in [9.17, 15) is 0 Å². The number of unbranched alkanes of at least 4 members (excludes halogenated alkanes) is 2. The molecular formula is C19H30ClNOS. The predicted molar refractivity (Wildman–Crippen MR) is 102 cm³/mol. The minimum atomic E-state index is 0.394.